The maximum atomic E-state index is 13.0. The van der Waals surface area contributed by atoms with E-state index in [2.05, 4.69) is 10.6 Å². The maximum Gasteiger partial charge on any atom is 0.338 e. The van der Waals surface area contributed by atoms with Gasteiger partial charge in [0.25, 0.3) is 11.8 Å². The Morgan fingerprint density at radius 1 is 0.861 bits per heavy atom. The average Bonchev–Trinajstić information content (AvgIpc) is 2.90. The Hall–Kier alpha value is -4.40. The Morgan fingerprint density at radius 2 is 1.61 bits per heavy atom. The average molecular weight is 495 g/mol. The zero-order valence-electron chi connectivity index (χ0n) is 19.8. The summed E-state index contributed by atoms with van der Waals surface area (Å²) in [5.41, 5.74) is 1.77. The van der Waals surface area contributed by atoms with Crippen LogP contribution in [0.5, 0.6) is 11.5 Å². The Morgan fingerprint density at radius 3 is 2.33 bits per heavy atom. The number of ether oxygens (including phenoxy) is 3. The first-order valence-electron chi connectivity index (χ1n) is 11.3. The summed E-state index contributed by atoms with van der Waals surface area (Å²) in [5, 5.41) is 5.30. The number of benzene rings is 3. The van der Waals surface area contributed by atoms with Crippen molar-refractivity contribution in [2.75, 3.05) is 32.2 Å². The highest BCUT2D eigenvalue weighted by molar-refractivity contribution is 5.93. The number of rotatable bonds is 12. The summed E-state index contributed by atoms with van der Waals surface area (Å²) in [6.45, 7) is -0.268. The van der Waals surface area contributed by atoms with E-state index in [0.717, 1.165) is 12.8 Å². The normalized spacial score (nSPS) is 10.3. The van der Waals surface area contributed by atoms with Gasteiger partial charge in [-0.3, -0.25) is 9.59 Å². The first kappa shape index (κ1) is 26.2. The lowest BCUT2D eigenvalue weighted by molar-refractivity contribution is -0.124. The van der Waals surface area contributed by atoms with Crippen molar-refractivity contribution in [1.82, 2.24) is 5.32 Å². The summed E-state index contributed by atoms with van der Waals surface area (Å²) >= 11 is 0. The van der Waals surface area contributed by atoms with Crippen LogP contribution in [0, 0.1) is 5.82 Å². The van der Waals surface area contributed by atoms with Crippen molar-refractivity contribution >= 4 is 23.5 Å². The molecule has 0 aliphatic carbocycles. The van der Waals surface area contributed by atoms with Crippen LogP contribution in [0.25, 0.3) is 0 Å². The number of aryl methyl sites for hydroxylation is 1. The van der Waals surface area contributed by atoms with Gasteiger partial charge >= 0.3 is 5.97 Å². The fraction of sp³-hybridized carbons (Fsp3) is 0.222. The number of esters is 1. The molecule has 9 heteroatoms. The third kappa shape index (κ3) is 8.43. The van der Waals surface area contributed by atoms with E-state index in [0.29, 0.717) is 12.2 Å². The van der Waals surface area contributed by atoms with Crippen LogP contribution in [0.2, 0.25) is 0 Å². The molecule has 2 amide bonds. The molecule has 3 rings (SSSR count). The van der Waals surface area contributed by atoms with E-state index in [1.165, 1.54) is 55.1 Å². The molecule has 3 aromatic carbocycles. The van der Waals surface area contributed by atoms with Gasteiger partial charge in [-0.2, -0.15) is 0 Å². The number of hydrogen-bond acceptors (Lipinski definition) is 6. The summed E-state index contributed by atoms with van der Waals surface area (Å²) in [6, 6.07) is 19.5. The predicted octanol–water partition coefficient (Wildman–Crippen LogP) is 3.76. The lowest BCUT2D eigenvalue weighted by Crippen LogP contribution is -2.29. The maximum absolute atomic E-state index is 13.0. The molecule has 2 N–H and O–H groups in total. The van der Waals surface area contributed by atoms with Crippen LogP contribution < -0.4 is 20.1 Å². The monoisotopic (exact) mass is 494 g/mol. The van der Waals surface area contributed by atoms with Crippen molar-refractivity contribution in [3.05, 3.63) is 89.7 Å². The summed E-state index contributed by atoms with van der Waals surface area (Å²) in [4.78, 5) is 36.4. The first-order chi connectivity index (χ1) is 17.4. The largest absolute Gasteiger partial charge is 0.493 e. The van der Waals surface area contributed by atoms with Crippen molar-refractivity contribution in [2.45, 2.75) is 12.8 Å². The summed E-state index contributed by atoms with van der Waals surface area (Å²) in [7, 11) is 1.39. The highest BCUT2D eigenvalue weighted by Crippen LogP contribution is 2.28. The quantitative estimate of drug-likeness (QED) is 0.294. The standard InChI is InChI=1S/C27H27FN2O6/c1-34-24-16-20(9-14-23(24)35-18-26(32)30-22-12-10-21(28)11-13-22)27(33)36-17-25(31)29-15-5-8-19-6-3-2-4-7-19/h2-4,6-7,9-14,16H,5,8,15,17-18H2,1H3,(H,29,31)(H,30,32). The van der Waals surface area contributed by atoms with Crippen LogP contribution in [-0.2, 0) is 20.7 Å². The predicted molar refractivity (Wildman–Crippen MR) is 132 cm³/mol. The van der Waals surface area contributed by atoms with Crippen molar-refractivity contribution in [1.29, 1.82) is 0 Å². The molecule has 0 atom stereocenters. The molecule has 0 heterocycles. The van der Waals surface area contributed by atoms with Gasteiger partial charge in [0.2, 0.25) is 0 Å². The zero-order valence-corrected chi connectivity index (χ0v) is 19.8. The lowest BCUT2D eigenvalue weighted by atomic mass is 10.1. The van der Waals surface area contributed by atoms with E-state index < -0.39 is 30.2 Å². The van der Waals surface area contributed by atoms with Crippen LogP contribution in [0.4, 0.5) is 10.1 Å². The highest BCUT2D eigenvalue weighted by atomic mass is 19.1. The van der Waals surface area contributed by atoms with Gasteiger partial charge in [-0.05, 0) is 60.9 Å². The molecule has 36 heavy (non-hydrogen) atoms. The number of halogens is 1. The molecule has 0 bridgehead atoms. The van der Waals surface area contributed by atoms with E-state index in [9.17, 15) is 18.8 Å². The molecule has 0 fully saturated rings. The van der Waals surface area contributed by atoms with Gasteiger partial charge in [0, 0.05) is 12.2 Å². The second-order valence-electron chi connectivity index (χ2n) is 7.72. The fourth-order valence-corrected chi connectivity index (χ4v) is 3.22. The number of nitrogens with one attached hydrogen (secondary N) is 2. The molecule has 0 spiro atoms. The van der Waals surface area contributed by atoms with Gasteiger partial charge in [0.05, 0.1) is 12.7 Å². The van der Waals surface area contributed by atoms with Gasteiger partial charge in [0.15, 0.2) is 24.7 Å². The van der Waals surface area contributed by atoms with Crippen LogP contribution in [-0.4, -0.2) is 44.7 Å². The minimum Gasteiger partial charge on any atom is -0.493 e. The van der Waals surface area contributed by atoms with Crippen LogP contribution in [0.1, 0.15) is 22.3 Å². The van der Waals surface area contributed by atoms with E-state index in [4.69, 9.17) is 14.2 Å². The summed E-state index contributed by atoms with van der Waals surface area (Å²) in [6.07, 6.45) is 1.60. The van der Waals surface area contributed by atoms with Crippen molar-refractivity contribution in [2.24, 2.45) is 0 Å². The Labute approximate surface area is 208 Å². The number of amides is 2. The van der Waals surface area contributed by atoms with E-state index in [1.54, 1.807) is 0 Å². The minimum absolute atomic E-state index is 0.159. The number of methoxy groups -OCH3 is 1. The van der Waals surface area contributed by atoms with Crippen LogP contribution >= 0.6 is 0 Å². The van der Waals surface area contributed by atoms with Gasteiger partial charge in [-0.25, -0.2) is 9.18 Å². The van der Waals surface area contributed by atoms with E-state index >= 15 is 0 Å². The van der Waals surface area contributed by atoms with Crippen molar-refractivity contribution in [3.8, 4) is 11.5 Å². The molecule has 188 valence electrons. The smallest absolute Gasteiger partial charge is 0.338 e. The van der Waals surface area contributed by atoms with Gasteiger partial charge in [-0.1, -0.05) is 30.3 Å². The molecule has 0 saturated heterocycles. The van der Waals surface area contributed by atoms with Gasteiger partial charge in [-0.15, -0.1) is 0 Å². The topological polar surface area (TPSA) is 103 Å². The molecule has 0 unspecified atom stereocenters. The zero-order chi connectivity index (χ0) is 25.8. The number of hydrogen-bond donors (Lipinski definition) is 2. The van der Waals surface area contributed by atoms with Gasteiger partial charge < -0.3 is 24.8 Å². The fourth-order valence-electron chi connectivity index (χ4n) is 3.22. The molecule has 3 aromatic rings. The number of carbonyl (C=O) groups excluding carboxylic acids is 3. The Kier molecular flexibility index (Phi) is 9.81. The van der Waals surface area contributed by atoms with Crippen LogP contribution in [0.3, 0.4) is 0 Å². The Bertz CT molecular complexity index is 1170. The number of carbonyl (C=O) groups is 3. The number of anilines is 1. The first-order valence-corrected chi connectivity index (χ1v) is 11.3. The van der Waals surface area contributed by atoms with E-state index in [1.807, 2.05) is 30.3 Å². The molecular weight excluding hydrogens is 467 g/mol. The third-order valence-corrected chi connectivity index (χ3v) is 5.03. The molecule has 0 radical (unpaired) electrons. The molecule has 0 aromatic heterocycles. The minimum atomic E-state index is -0.701. The molecular formula is C27H27FN2O6. The highest BCUT2D eigenvalue weighted by Gasteiger charge is 2.15. The van der Waals surface area contributed by atoms with Crippen molar-refractivity contribution < 1.29 is 33.0 Å². The van der Waals surface area contributed by atoms with Crippen LogP contribution in [0.15, 0.2) is 72.8 Å². The molecule has 0 aliphatic heterocycles. The SMILES string of the molecule is COc1cc(C(=O)OCC(=O)NCCCc2ccccc2)ccc1OCC(=O)Nc1ccc(F)cc1. The Balaban J connectivity index is 1.42. The summed E-state index contributed by atoms with van der Waals surface area (Å²) < 4.78 is 28.8. The van der Waals surface area contributed by atoms with E-state index in [-0.39, 0.29) is 23.7 Å². The second kappa shape index (κ2) is 13.5. The lowest BCUT2D eigenvalue weighted by Gasteiger charge is -2.12. The van der Waals surface area contributed by atoms with Crippen molar-refractivity contribution in [3.63, 3.8) is 0 Å². The van der Waals surface area contributed by atoms with Gasteiger partial charge in [0.1, 0.15) is 5.82 Å². The molecule has 0 saturated carbocycles. The third-order valence-electron chi connectivity index (χ3n) is 5.03. The second-order valence-corrected chi connectivity index (χ2v) is 7.72. The molecule has 0 aliphatic rings. The molecule has 8 nitrogen and oxygen atoms in total. The summed E-state index contributed by atoms with van der Waals surface area (Å²) in [5.74, 6) is -1.51.